The van der Waals surface area contributed by atoms with Gasteiger partial charge in [0.2, 0.25) is 0 Å². The van der Waals surface area contributed by atoms with Crippen LogP contribution < -0.4 is 4.90 Å². The topological polar surface area (TPSA) is 66.6 Å². The van der Waals surface area contributed by atoms with Gasteiger partial charge in [0.25, 0.3) is 0 Å². The normalized spacial score (nSPS) is 23.1. The number of nitrogens with zero attached hydrogens (tertiary/aromatic N) is 2. The SMILES string of the molecule is CCC1CCN(c2nccc3occc23)C(C(=O)O)C1. The zero-order chi connectivity index (χ0) is 14.1. The first-order chi connectivity index (χ1) is 9.70. The van der Waals surface area contributed by atoms with Crippen LogP contribution in [0.3, 0.4) is 0 Å². The summed E-state index contributed by atoms with van der Waals surface area (Å²) < 4.78 is 5.37. The minimum absolute atomic E-state index is 0.482. The molecule has 106 valence electrons. The van der Waals surface area contributed by atoms with Crippen LogP contribution in [0.25, 0.3) is 11.0 Å². The molecule has 3 rings (SSSR count). The number of rotatable bonds is 3. The zero-order valence-corrected chi connectivity index (χ0v) is 11.5. The summed E-state index contributed by atoms with van der Waals surface area (Å²) in [5.74, 6) is 0.430. The van der Waals surface area contributed by atoms with Gasteiger partial charge in [0.05, 0.1) is 11.6 Å². The monoisotopic (exact) mass is 274 g/mol. The number of carboxylic acid groups (broad SMARTS) is 1. The average molecular weight is 274 g/mol. The quantitative estimate of drug-likeness (QED) is 0.932. The standard InChI is InChI=1S/C15H18N2O3/c1-2-10-4-7-17(12(9-10)15(18)19)14-11-5-8-20-13(11)3-6-16-14/h3,5-6,8,10,12H,2,4,7,9H2,1H3,(H,18,19). The van der Waals surface area contributed by atoms with Gasteiger partial charge in [0.1, 0.15) is 17.4 Å². The van der Waals surface area contributed by atoms with Crippen LogP contribution in [0.2, 0.25) is 0 Å². The molecule has 1 N–H and O–H groups in total. The van der Waals surface area contributed by atoms with E-state index >= 15 is 0 Å². The Kier molecular flexibility index (Phi) is 3.34. The van der Waals surface area contributed by atoms with Gasteiger partial charge < -0.3 is 14.4 Å². The minimum atomic E-state index is -0.773. The minimum Gasteiger partial charge on any atom is -0.480 e. The van der Waals surface area contributed by atoms with E-state index in [4.69, 9.17) is 4.42 Å². The largest absolute Gasteiger partial charge is 0.480 e. The molecular weight excluding hydrogens is 256 g/mol. The highest BCUT2D eigenvalue weighted by Gasteiger charge is 2.34. The first-order valence-corrected chi connectivity index (χ1v) is 7.02. The van der Waals surface area contributed by atoms with Crippen LogP contribution in [0, 0.1) is 5.92 Å². The number of aromatic nitrogens is 1. The fourth-order valence-electron chi connectivity index (χ4n) is 3.01. The van der Waals surface area contributed by atoms with E-state index in [2.05, 4.69) is 11.9 Å². The molecule has 2 unspecified atom stereocenters. The van der Waals surface area contributed by atoms with Crippen molar-refractivity contribution in [2.75, 3.05) is 11.4 Å². The molecule has 2 aromatic rings. The Bertz CT molecular complexity index is 622. The molecule has 1 aliphatic heterocycles. The molecule has 2 atom stereocenters. The lowest BCUT2D eigenvalue weighted by atomic mass is 9.89. The zero-order valence-electron chi connectivity index (χ0n) is 11.5. The molecule has 0 radical (unpaired) electrons. The number of pyridine rings is 1. The number of carbonyl (C=O) groups is 1. The lowest BCUT2D eigenvalue weighted by Crippen LogP contribution is -2.47. The predicted octanol–water partition coefficient (Wildman–Crippen LogP) is 2.91. The Labute approximate surface area is 117 Å². The number of hydrogen-bond donors (Lipinski definition) is 1. The van der Waals surface area contributed by atoms with Crippen molar-refractivity contribution in [2.24, 2.45) is 5.92 Å². The lowest BCUT2D eigenvalue weighted by molar-refractivity contribution is -0.139. The molecule has 0 aliphatic carbocycles. The van der Waals surface area contributed by atoms with Gasteiger partial charge in [-0.2, -0.15) is 0 Å². The van der Waals surface area contributed by atoms with E-state index in [-0.39, 0.29) is 0 Å². The number of aliphatic carboxylic acids is 1. The molecule has 20 heavy (non-hydrogen) atoms. The van der Waals surface area contributed by atoms with Crippen molar-refractivity contribution in [3.05, 3.63) is 24.6 Å². The molecule has 0 aromatic carbocycles. The van der Waals surface area contributed by atoms with Gasteiger partial charge in [-0.1, -0.05) is 13.3 Å². The molecule has 2 aromatic heterocycles. The third kappa shape index (κ3) is 2.13. The third-order valence-corrected chi connectivity index (χ3v) is 4.20. The molecule has 1 aliphatic rings. The Balaban J connectivity index is 1.99. The second-order valence-electron chi connectivity index (χ2n) is 5.31. The Morgan fingerprint density at radius 1 is 1.55 bits per heavy atom. The Morgan fingerprint density at radius 3 is 3.15 bits per heavy atom. The molecule has 0 amide bonds. The summed E-state index contributed by atoms with van der Waals surface area (Å²) in [7, 11) is 0. The Morgan fingerprint density at radius 2 is 2.40 bits per heavy atom. The highest BCUT2D eigenvalue weighted by Crippen LogP contribution is 2.33. The fraction of sp³-hybridized carbons (Fsp3) is 0.467. The number of fused-ring (bicyclic) bond motifs is 1. The maximum absolute atomic E-state index is 11.6. The third-order valence-electron chi connectivity index (χ3n) is 4.20. The predicted molar refractivity (Wildman–Crippen MR) is 75.8 cm³/mol. The summed E-state index contributed by atoms with van der Waals surface area (Å²) in [4.78, 5) is 17.9. The summed E-state index contributed by atoms with van der Waals surface area (Å²) in [6, 6.07) is 3.15. The summed E-state index contributed by atoms with van der Waals surface area (Å²) >= 11 is 0. The van der Waals surface area contributed by atoms with Gasteiger partial charge in [0, 0.05) is 12.7 Å². The van der Waals surface area contributed by atoms with Crippen LogP contribution in [-0.4, -0.2) is 28.6 Å². The van der Waals surface area contributed by atoms with E-state index in [0.717, 1.165) is 36.2 Å². The van der Waals surface area contributed by atoms with Crippen molar-refractivity contribution in [2.45, 2.75) is 32.2 Å². The smallest absolute Gasteiger partial charge is 0.326 e. The van der Waals surface area contributed by atoms with Crippen LogP contribution in [0.1, 0.15) is 26.2 Å². The van der Waals surface area contributed by atoms with Crippen molar-refractivity contribution >= 4 is 22.8 Å². The summed E-state index contributed by atoms with van der Waals surface area (Å²) in [5, 5.41) is 10.4. The second kappa shape index (κ2) is 5.15. The van der Waals surface area contributed by atoms with Crippen molar-refractivity contribution in [3.63, 3.8) is 0 Å². The van der Waals surface area contributed by atoms with Crippen LogP contribution in [0.4, 0.5) is 5.82 Å². The maximum Gasteiger partial charge on any atom is 0.326 e. The first kappa shape index (κ1) is 13.0. The van der Waals surface area contributed by atoms with Crippen LogP contribution in [-0.2, 0) is 4.79 Å². The van der Waals surface area contributed by atoms with E-state index in [9.17, 15) is 9.90 Å². The average Bonchev–Trinajstić information content (AvgIpc) is 2.95. The summed E-state index contributed by atoms with van der Waals surface area (Å²) in [5.41, 5.74) is 0.747. The van der Waals surface area contributed by atoms with Crippen LogP contribution >= 0.6 is 0 Å². The summed E-state index contributed by atoms with van der Waals surface area (Å²) in [6.45, 7) is 2.85. The number of piperidine rings is 1. The van der Waals surface area contributed by atoms with Gasteiger partial charge in [-0.15, -0.1) is 0 Å². The van der Waals surface area contributed by atoms with Gasteiger partial charge in [-0.05, 0) is 30.9 Å². The van der Waals surface area contributed by atoms with Gasteiger partial charge in [0.15, 0.2) is 0 Å². The second-order valence-corrected chi connectivity index (χ2v) is 5.31. The van der Waals surface area contributed by atoms with Crippen molar-refractivity contribution in [1.29, 1.82) is 0 Å². The van der Waals surface area contributed by atoms with E-state index in [1.165, 1.54) is 0 Å². The molecule has 1 fully saturated rings. The van der Waals surface area contributed by atoms with Gasteiger partial charge in [-0.3, -0.25) is 0 Å². The lowest BCUT2D eigenvalue weighted by Gasteiger charge is -2.37. The van der Waals surface area contributed by atoms with Gasteiger partial charge in [-0.25, -0.2) is 9.78 Å². The first-order valence-electron chi connectivity index (χ1n) is 7.02. The van der Waals surface area contributed by atoms with E-state index in [1.807, 2.05) is 11.0 Å². The molecule has 0 saturated carbocycles. The maximum atomic E-state index is 11.6. The molecule has 3 heterocycles. The number of carboxylic acids is 1. The highest BCUT2D eigenvalue weighted by molar-refractivity contribution is 5.91. The van der Waals surface area contributed by atoms with E-state index in [0.29, 0.717) is 12.3 Å². The van der Waals surface area contributed by atoms with Crippen molar-refractivity contribution < 1.29 is 14.3 Å². The number of furan rings is 1. The van der Waals surface area contributed by atoms with Crippen LogP contribution in [0.5, 0.6) is 0 Å². The molecule has 0 bridgehead atoms. The molecule has 5 heteroatoms. The van der Waals surface area contributed by atoms with Crippen molar-refractivity contribution in [3.8, 4) is 0 Å². The Hall–Kier alpha value is -2.04. The van der Waals surface area contributed by atoms with E-state index in [1.54, 1.807) is 18.5 Å². The molecule has 0 spiro atoms. The highest BCUT2D eigenvalue weighted by atomic mass is 16.4. The number of hydrogen-bond acceptors (Lipinski definition) is 4. The van der Waals surface area contributed by atoms with Gasteiger partial charge >= 0.3 is 5.97 Å². The van der Waals surface area contributed by atoms with E-state index < -0.39 is 12.0 Å². The van der Waals surface area contributed by atoms with Crippen molar-refractivity contribution in [1.82, 2.24) is 4.98 Å². The summed E-state index contributed by atoms with van der Waals surface area (Å²) in [6.07, 6.45) is 6.01. The molecule has 1 saturated heterocycles. The molecular formula is C15H18N2O3. The number of anilines is 1. The molecule has 5 nitrogen and oxygen atoms in total. The van der Waals surface area contributed by atoms with Crippen LogP contribution in [0.15, 0.2) is 29.0 Å². The fourth-order valence-corrected chi connectivity index (χ4v) is 3.01.